The van der Waals surface area contributed by atoms with E-state index in [2.05, 4.69) is 97.6 Å². The van der Waals surface area contributed by atoms with Crippen LogP contribution in [-0.2, 0) is 0 Å². The standard InChI is InChI=1S/C22H22B.K/c1-2-3-19-23(20-13-7-4-8-14-20,21-15-9-5-10-16-21)22-17-11-6-12-18-22;/h2,4-18H,1,3,19H2;/q-1;+1. The summed E-state index contributed by atoms with van der Waals surface area (Å²) in [5.74, 6) is 0. The van der Waals surface area contributed by atoms with Gasteiger partial charge < -0.3 is 0 Å². The predicted octanol–water partition coefficient (Wildman–Crippen LogP) is 0.737. The number of rotatable bonds is 6. The quantitative estimate of drug-likeness (QED) is 0.460. The van der Waals surface area contributed by atoms with E-state index in [1.54, 1.807) is 0 Å². The van der Waals surface area contributed by atoms with Gasteiger partial charge in [-0.3, -0.25) is 0 Å². The van der Waals surface area contributed by atoms with E-state index in [1.165, 1.54) is 16.4 Å². The molecule has 0 bridgehead atoms. The molecule has 0 spiro atoms. The average Bonchev–Trinajstić information content (AvgIpc) is 2.65. The summed E-state index contributed by atoms with van der Waals surface area (Å²) in [5.41, 5.74) is 4.19. The van der Waals surface area contributed by atoms with Crippen LogP contribution in [0.1, 0.15) is 6.42 Å². The largest absolute Gasteiger partial charge is 1.00 e. The van der Waals surface area contributed by atoms with Crippen LogP contribution in [0.5, 0.6) is 0 Å². The Hall–Kier alpha value is -0.899. The molecule has 0 atom stereocenters. The van der Waals surface area contributed by atoms with Crippen LogP contribution in [0.15, 0.2) is 104 Å². The maximum Gasteiger partial charge on any atom is 1.00 e. The smallest absolute Gasteiger partial charge is 0.200 e. The Morgan fingerprint density at radius 3 is 1.25 bits per heavy atom. The van der Waals surface area contributed by atoms with Gasteiger partial charge in [-0.25, -0.2) is 0 Å². The molecule has 0 nitrogen and oxygen atoms in total. The molecular formula is C22H22BK. The second kappa shape index (κ2) is 9.55. The van der Waals surface area contributed by atoms with Crippen molar-refractivity contribution >= 4 is 22.5 Å². The predicted molar refractivity (Wildman–Crippen MR) is 104 cm³/mol. The van der Waals surface area contributed by atoms with E-state index in [9.17, 15) is 0 Å². The molecule has 0 saturated carbocycles. The molecule has 0 aliphatic carbocycles. The third-order valence-corrected chi connectivity index (χ3v) is 4.91. The maximum absolute atomic E-state index is 3.95. The third-order valence-electron chi connectivity index (χ3n) is 4.91. The van der Waals surface area contributed by atoms with Gasteiger partial charge in [-0.1, -0.05) is 103 Å². The van der Waals surface area contributed by atoms with Crippen molar-refractivity contribution in [2.24, 2.45) is 0 Å². The summed E-state index contributed by atoms with van der Waals surface area (Å²) >= 11 is 0. The minimum Gasteiger partial charge on any atom is -0.200 e. The van der Waals surface area contributed by atoms with Crippen molar-refractivity contribution in [1.29, 1.82) is 0 Å². The number of allylic oxidation sites excluding steroid dienone is 1. The summed E-state index contributed by atoms with van der Waals surface area (Å²) in [6.07, 6.45) is 3.12. The van der Waals surface area contributed by atoms with Crippen molar-refractivity contribution in [1.82, 2.24) is 0 Å². The monoisotopic (exact) mass is 336 g/mol. The van der Waals surface area contributed by atoms with Gasteiger partial charge in [0.25, 0.3) is 0 Å². The summed E-state index contributed by atoms with van der Waals surface area (Å²) < 4.78 is 0. The fourth-order valence-corrected chi connectivity index (χ4v) is 3.79. The van der Waals surface area contributed by atoms with E-state index < -0.39 is 6.15 Å². The zero-order chi connectivity index (χ0) is 16.0. The molecule has 3 rings (SSSR count). The van der Waals surface area contributed by atoms with Crippen LogP contribution in [0.2, 0.25) is 6.32 Å². The second-order valence-corrected chi connectivity index (χ2v) is 6.14. The van der Waals surface area contributed by atoms with E-state index in [0.29, 0.717) is 0 Å². The molecule has 3 aromatic carbocycles. The topological polar surface area (TPSA) is 0 Å². The van der Waals surface area contributed by atoms with Gasteiger partial charge in [0, 0.05) is 0 Å². The Bertz CT molecular complexity index is 642. The molecule has 0 aliphatic rings. The average molecular weight is 336 g/mol. The van der Waals surface area contributed by atoms with Crippen LogP contribution in [0.4, 0.5) is 0 Å². The van der Waals surface area contributed by atoms with Gasteiger partial charge in [0.2, 0.25) is 0 Å². The van der Waals surface area contributed by atoms with Crippen molar-refractivity contribution in [2.45, 2.75) is 12.7 Å². The van der Waals surface area contributed by atoms with Gasteiger partial charge in [-0.05, 0) is 0 Å². The van der Waals surface area contributed by atoms with E-state index in [4.69, 9.17) is 0 Å². The van der Waals surface area contributed by atoms with E-state index in [1.807, 2.05) is 6.08 Å². The van der Waals surface area contributed by atoms with Crippen molar-refractivity contribution in [2.75, 3.05) is 0 Å². The van der Waals surface area contributed by atoms with Gasteiger partial charge in [-0.2, -0.15) is 22.7 Å². The summed E-state index contributed by atoms with van der Waals surface area (Å²) in [4.78, 5) is 0. The summed E-state index contributed by atoms with van der Waals surface area (Å²) in [6, 6.07) is 32.7. The number of benzene rings is 3. The Morgan fingerprint density at radius 1 is 0.625 bits per heavy atom. The summed E-state index contributed by atoms with van der Waals surface area (Å²) in [5, 5.41) is 0. The molecule has 0 aromatic heterocycles. The molecule has 0 aliphatic heterocycles. The van der Waals surface area contributed by atoms with Crippen molar-refractivity contribution < 1.29 is 51.4 Å². The summed E-state index contributed by atoms with van der Waals surface area (Å²) in [7, 11) is 0. The molecule has 0 saturated heterocycles. The molecule has 114 valence electrons. The zero-order valence-corrected chi connectivity index (χ0v) is 17.6. The molecule has 24 heavy (non-hydrogen) atoms. The SMILES string of the molecule is C=CCC[B-](c1ccccc1)(c1ccccc1)c1ccccc1.[K+]. The van der Waals surface area contributed by atoms with Gasteiger partial charge in [0.05, 0.1) is 6.15 Å². The molecular weight excluding hydrogens is 314 g/mol. The fourth-order valence-electron chi connectivity index (χ4n) is 3.79. The van der Waals surface area contributed by atoms with Crippen LogP contribution in [0.3, 0.4) is 0 Å². The van der Waals surface area contributed by atoms with Crippen LogP contribution >= 0.6 is 0 Å². The van der Waals surface area contributed by atoms with Gasteiger partial charge >= 0.3 is 51.4 Å². The Balaban J connectivity index is 0.00000208. The zero-order valence-electron chi connectivity index (χ0n) is 14.4. The minimum atomic E-state index is -0.985. The van der Waals surface area contributed by atoms with Crippen LogP contribution in [0, 0.1) is 0 Å². The van der Waals surface area contributed by atoms with E-state index in [-0.39, 0.29) is 51.4 Å². The van der Waals surface area contributed by atoms with Gasteiger partial charge in [0.15, 0.2) is 0 Å². The molecule has 0 heterocycles. The normalized spacial score (nSPS) is 10.7. The maximum atomic E-state index is 3.95. The Labute approximate surface area is 188 Å². The molecule has 0 amide bonds. The molecule has 0 N–H and O–H groups in total. The Morgan fingerprint density at radius 2 is 0.958 bits per heavy atom. The van der Waals surface area contributed by atoms with Crippen LogP contribution < -0.4 is 67.8 Å². The third kappa shape index (κ3) is 4.01. The van der Waals surface area contributed by atoms with Crippen LogP contribution in [-0.4, -0.2) is 6.15 Å². The number of hydrogen-bond donors (Lipinski definition) is 0. The molecule has 3 aromatic rings. The van der Waals surface area contributed by atoms with Crippen molar-refractivity contribution in [3.8, 4) is 0 Å². The molecule has 0 fully saturated rings. The number of hydrogen-bond acceptors (Lipinski definition) is 0. The van der Waals surface area contributed by atoms with Crippen LogP contribution in [0.25, 0.3) is 0 Å². The Kier molecular flexibility index (Phi) is 7.73. The van der Waals surface area contributed by atoms with Gasteiger partial charge in [-0.15, -0.1) is 6.58 Å². The molecule has 0 unspecified atom stereocenters. The second-order valence-electron chi connectivity index (χ2n) is 6.14. The first-order valence-corrected chi connectivity index (χ1v) is 8.32. The first-order chi connectivity index (χ1) is 11.4. The van der Waals surface area contributed by atoms with E-state index in [0.717, 1.165) is 12.7 Å². The molecule has 2 heteroatoms. The first-order valence-electron chi connectivity index (χ1n) is 8.32. The minimum absolute atomic E-state index is 0. The summed E-state index contributed by atoms with van der Waals surface area (Å²) in [6.45, 7) is 3.95. The van der Waals surface area contributed by atoms with Gasteiger partial charge in [0.1, 0.15) is 0 Å². The van der Waals surface area contributed by atoms with E-state index >= 15 is 0 Å². The first kappa shape index (κ1) is 19.4. The van der Waals surface area contributed by atoms with Crippen molar-refractivity contribution in [3.05, 3.63) is 104 Å². The molecule has 0 radical (unpaired) electrons. The fraction of sp³-hybridized carbons (Fsp3) is 0.0909. The van der Waals surface area contributed by atoms with Crippen molar-refractivity contribution in [3.63, 3.8) is 0 Å².